The van der Waals surface area contributed by atoms with E-state index in [0.717, 1.165) is 5.88 Å². The summed E-state index contributed by atoms with van der Waals surface area (Å²) in [7, 11) is 0. The molecule has 1 heterocycles. The minimum atomic E-state index is 0.615. The van der Waals surface area contributed by atoms with Crippen molar-refractivity contribution in [2.45, 2.75) is 5.88 Å². The van der Waals surface area contributed by atoms with Gasteiger partial charge in [-0.15, -0.1) is 16.9 Å². The molecule has 0 aromatic carbocycles. The van der Waals surface area contributed by atoms with Crippen LogP contribution in [0.3, 0.4) is 0 Å². The number of hydrogen-bond donors (Lipinski definition) is 1. The molecule has 0 aliphatic heterocycles. The number of aromatic nitrogens is 3. The summed E-state index contributed by atoms with van der Waals surface area (Å²) in [6.07, 6.45) is 3.53. The van der Waals surface area contributed by atoms with E-state index in [1.165, 1.54) is 6.20 Å². The Morgan fingerprint density at radius 3 is 3.11 bits per heavy atom. The van der Waals surface area contributed by atoms with Crippen LogP contribution in [-0.4, -0.2) is 21.2 Å². The molecule has 4 nitrogen and oxygen atoms in total. The summed E-state index contributed by atoms with van der Waals surface area (Å²) in [5, 5.41) is 7.34. The molecule has 9 heavy (non-hydrogen) atoms. The smallest absolute Gasteiger partial charge is 0.143 e. The van der Waals surface area contributed by atoms with Gasteiger partial charge in [-0.25, -0.2) is 4.68 Å². The molecule has 0 saturated carbocycles. The van der Waals surface area contributed by atoms with Gasteiger partial charge in [-0.1, -0.05) is 5.21 Å². The Balaban J connectivity index is 2.69. The molecular weight excluding hydrogens is 136 g/mol. The molecule has 1 aromatic rings. The fourth-order valence-corrected chi connectivity index (χ4v) is 0.934. The third-order valence-electron chi connectivity index (χ3n) is 0.899. The molecule has 0 aliphatic carbocycles. The first-order valence-corrected chi connectivity index (χ1v) is 3.87. The van der Waals surface area contributed by atoms with Crippen molar-refractivity contribution in [3.63, 3.8) is 0 Å². The van der Waals surface area contributed by atoms with E-state index >= 15 is 0 Å². The van der Waals surface area contributed by atoms with Crippen molar-refractivity contribution in [1.29, 1.82) is 0 Å². The van der Waals surface area contributed by atoms with Gasteiger partial charge in [0.25, 0.3) is 0 Å². The lowest BCUT2D eigenvalue weighted by Crippen LogP contribution is -2.01. The molecule has 0 saturated heterocycles. The number of nitrogen functional groups attached to an aromatic ring is 1. The molecular formula is C4H8N4S. The molecule has 50 valence electrons. The molecule has 0 atom stereocenters. The van der Waals surface area contributed by atoms with E-state index in [0.29, 0.717) is 5.82 Å². The first kappa shape index (κ1) is 6.41. The van der Waals surface area contributed by atoms with Crippen molar-refractivity contribution in [3.05, 3.63) is 6.20 Å². The Morgan fingerprint density at radius 2 is 2.67 bits per heavy atom. The van der Waals surface area contributed by atoms with Crippen LogP contribution in [0, 0.1) is 0 Å². The highest BCUT2D eigenvalue weighted by atomic mass is 32.2. The second-order valence-corrected chi connectivity index (χ2v) is 2.41. The Bertz CT molecular complexity index is 184. The third-order valence-corrected chi connectivity index (χ3v) is 1.40. The zero-order valence-electron chi connectivity index (χ0n) is 5.11. The number of nitrogens with two attached hydrogens (primary N) is 1. The Labute approximate surface area is 57.4 Å². The minimum Gasteiger partial charge on any atom is -0.383 e. The van der Waals surface area contributed by atoms with Crippen LogP contribution in [0.2, 0.25) is 0 Å². The van der Waals surface area contributed by atoms with Gasteiger partial charge in [0.2, 0.25) is 0 Å². The van der Waals surface area contributed by atoms with Gasteiger partial charge < -0.3 is 5.73 Å². The second-order valence-electron chi connectivity index (χ2n) is 1.58. The zero-order valence-corrected chi connectivity index (χ0v) is 5.93. The van der Waals surface area contributed by atoms with Crippen molar-refractivity contribution in [3.8, 4) is 0 Å². The van der Waals surface area contributed by atoms with Crippen LogP contribution in [0.25, 0.3) is 0 Å². The van der Waals surface area contributed by atoms with Gasteiger partial charge in [-0.3, -0.25) is 0 Å². The van der Waals surface area contributed by atoms with Crippen LogP contribution < -0.4 is 5.73 Å². The summed E-state index contributed by atoms with van der Waals surface area (Å²) in [4.78, 5) is 0. The van der Waals surface area contributed by atoms with Crippen LogP contribution in [-0.2, 0) is 5.88 Å². The second kappa shape index (κ2) is 2.72. The van der Waals surface area contributed by atoms with Gasteiger partial charge >= 0.3 is 0 Å². The molecule has 0 bridgehead atoms. The zero-order chi connectivity index (χ0) is 6.69. The van der Waals surface area contributed by atoms with Crippen LogP contribution in [0.1, 0.15) is 0 Å². The summed E-state index contributed by atoms with van der Waals surface area (Å²) in [6.45, 7) is 0. The highest BCUT2D eigenvalue weighted by Crippen LogP contribution is 2.02. The van der Waals surface area contributed by atoms with Crippen LogP contribution >= 0.6 is 11.8 Å². The molecule has 0 unspecified atom stereocenters. The topological polar surface area (TPSA) is 56.7 Å². The van der Waals surface area contributed by atoms with Gasteiger partial charge in [-0.2, -0.15) is 0 Å². The van der Waals surface area contributed by atoms with Gasteiger partial charge in [-0.05, 0) is 6.26 Å². The van der Waals surface area contributed by atoms with Crippen molar-refractivity contribution < 1.29 is 0 Å². The summed E-state index contributed by atoms with van der Waals surface area (Å²) in [6, 6.07) is 0. The summed E-state index contributed by atoms with van der Waals surface area (Å²) >= 11 is 1.65. The van der Waals surface area contributed by atoms with Crippen molar-refractivity contribution in [1.82, 2.24) is 15.0 Å². The summed E-state index contributed by atoms with van der Waals surface area (Å²) < 4.78 is 1.64. The molecule has 1 rings (SSSR count). The molecule has 2 N–H and O–H groups in total. The number of hydrogen-bond acceptors (Lipinski definition) is 4. The van der Waals surface area contributed by atoms with Gasteiger partial charge in [0, 0.05) is 0 Å². The predicted molar refractivity (Wildman–Crippen MR) is 37.9 cm³/mol. The van der Waals surface area contributed by atoms with Gasteiger partial charge in [0.05, 0.1) is 12.1 Å². The maximum absolute atomic E-state index is 5.45. The molecule has 0 spiro atoms. The van der Waals surface area contributed by atoms with Crippen molar-refractivity contribution in [2.24, 2.45) is 0 Å². The Kier molecular flexibility index (Phi) is 1.94. The van der Waals surface area contributed by atoms with E-state index in [-0.39, 0.29) is 0 Å². The van der Waals surface area contributed by atoms with E-state index in [1.807, 2.05) is 6.26 Å². The lowest BCUT2D eigenvalue weighted by Gasteiger charge is -1.95. The number of thioether (sulfide) groups is 1. The number of nitrogens with zero attached hydrogens (tertiary/aromatic N) is 3. The molecule has 1 aromatic heterocycles. The highest BCUT2D eigenvalue weighted by Gasteiger charge is 1.94. The lowest BCUT2D eigenvalue weighted by molar-refractivity contribution is 0.710. The largest absolute Gasteiger partial charge is 0.383 e. The summed E-state index contributed by atoms with van der Waals surface area (Å²) in [5.74, 6) is 1.38. The van der Waals surface area contributed by atoms with E-state index in [1.54, 1.807) is 16.4 Å². The van der Waals surface area contributed by atoms with E-state index < -0.39 is 0 Å². The van der Waals surface area contributed by atoms with Crippen LogP contribution in [0.15, 0.2) is 6.20 Å². The first-order valence-electron chi connectivity index (χ1n) is 2.47. The van der Waals surface area contributed by atoms with Gasteiger partial charge in [0.1, 0.15) is 5.82 Å². The fourth-order valence-electron chi connectivity index (χ4n) is 0.488. The standard InChI is InChI=1S/C4H8N4S/c1-9-3-8-4(5)2-6-7-8/h2H,3,5H2,1H3. The quantitative estimate of drug-likeness (QED) is 0.643. The Hall–Kier alpha value is -0.710. The van der Waals surface area contributed by atoms with E-state index in [9.17, 15) is 0 Å². The minimum absolute atomic E-state index is 0.615. The molecule has 0 amide bonds. The molecule has 5 heteroatoms. The maximum atomic E-state index is 5.45. The predicted octanol–water partition coefficient (Wildman–Crippen LogP) is 0.181. The molecule has 0 aliphatic rings. The summed E-state index contributed by atoms with van der Waals surface area (Å²) in [5.41, 5.74) is 5.45. The fraction of sp³-hybridized carbons (Fsp3) is 0.500. The van der Waals surface area contributed by atoms with Crippen molar-refractivity contribution in [2.75, 3.05) is 12.0 Å². The molecule has 0 fully saturated rings. The SMILES string of the molecule is CSCn1nncc1N. The van der Waals surface area contributed by atoms with Crippen LogP contribution in [0.5, 0.6) is 0 Å². The Morgan fingerprint density at radius 1 is 1.89 bits per heavy atom. The monoisotopic (exact) mass is 144 g/mol. The third kappa shape index (κ3) is 1.35. The maximum Gasteiger partial charge on any atom is 0.143 e. The molecule has 0 radical (unpaired) electrons. The first-order chi connectivity index (χ1) is 4.34. The van der Waals surface area contributed by atoms with Gasteiger partial charge in [0.15, 0.2) is 0 Å². The average molecular weight is 144 g/mol. The number of rotatable bonds is 2. The van der Waals surface area contributed by atoms with Crippen LogP contribution in [0.4, 0.5) is 5.82 Å². The highest BCUT2D eigenvalue weighted by molar-refractivity contribution is 7.97. The normalized spacial score (nSPS) is 9.89. The van der Waals surface area contributed by atoms with Crippen molar-refractivity contribution >= 4 is 17.6 Å². The van der Waals surface area contributed by atoms with E-state index in [2.05, 4.69) is 10.3 Å². The van der Waals surface area contributed by atoms with E-state index in [4.69, 9.17) is 5.73 Å². The number of anilines is 1. The average Bonchev–Trinajstić information content (AvgIpc) is 2.18. The lowest BCUT2D eigenvalue weighted by atomic mass is 10.8.